The zero-order chi connectivity index (χ0) is 14.7. The molecule has 0 unspecified atom stereocenters. The number of rotatable bonds is 5. The molecule has 0 aromatic carbocycles. The Labute approximate surface area is 125 Å². The van der Waals surface area contributed by atoms with Gasteiger partial charge in [-0.1, -0.05) is 11.8 Å². The maximum atomic E-state index is 12.1. The molecule has 0 spiro atoms. The highest BCUT2D eigenvalue weighted by atomic mass is 16.2. The topological polar surface area (TPSA) is 62.2 Å². The van der Waals surface area contributed by atoms with Gasteiger partial charge in [-0.3, -0.25) is 4.79 Å². The Bertz CT molecular complexity index is 575. The van der Waals surface area contributed by atoms with Crippen molar-refractivity contribution in [2.75, 3.05) is 13.2 Å². The molecule has 2 saturated carbocycles. The quantitative estimate of drug-likeness (QED) is 0.810. The van der Waals surface area contributed by atoms with Crippen LogP contribution in [0.15, 0.2) is 18.3 Å². The first-order chi connectivity index (χ1) is 10.2. The number of amides is 1. The van der Waals surface area contributed by atoms with Crippen molar-refractivity contribution in [3.8, 4) is 11.8 Å². The number of nitrogens with one attached hydrogen (secondary N) is 1. The Morgan fingerprint density at radius 3 is 2.81 bits per heavy atom. The molecule has 2 aliphatic carbocycles. The fraction of sp³-hybridized carbons (Fsp3) is 0.529. The third-order valence-electron chi connectivity index (χ3n) is 4.40. The minimum absolute atomic E-state index is 0.0592. The summed E-state index contributed by atoms with van der Waals surface area (Å²) in [5.74, 6) is 6.47. The van der Waals surface area contributed by atoms with Crippen molar-refractivity contribution in [3.05, 3.63) is 29.6 Å². The van der Waals surface area contributed by atoms with Crippen LogP contribution in [0.5, 0.6) is 0 Å². The highest BCUT2D eigenvalue weighted by Crippen LogP contribution is 2.60. The molecule has 0 aliphatic heterocycles. The molecule has 110 valence electrons. The van der Waals surface area contributed by atoms with Crippen molar-refractivity contribution in [1.29, 1.82) is 0 Å². The van der Waals surface area contributed by atoms with Gasteiger partial charge in [0.05, 0.1) is 6.61 Å². The van der Waals surface area contributed by atoms with E-state index in [1.807, 2.05) is 0 Å². The lowest BCUT2D eigenvalue weighted by atomic mass is 10.0. The predicted octanol–water partition coefficient (Wildman–Crippen LogP) is 1.74. The van der Waals surface area contributed by atoms with E-state index in [4.69, 9.17) is 5.11 Å². The number of nitrogens with zero attached hydrogens (tertiary/aromatic N) is 1. The zero-order valence-corrected chi connectivity index (χ0v) is 12.1. The van der Waals surface area contributed by atoms with Gasteiger partial charge in [0.15, 0.2) is 0 Å². The maximum absolute atomic E-state index is 12.1. The van der Waals surface area contributed by atoms with E-state index in [-0.39, 0.29) is 12.5 Å². The van der Waals surface area contributed by atoms with Crippen LogP contribution >= 0.6 is 0 Å². The molecular formula is C17H20N2O2. The number of pyridine rings is 1. The largest absolute Gasteiger partial charge is 0.395 e. The van der Waals surface area contributed by atoms with Gasteiger partial charge in [-0.25, -0.2) is 4.98 Å². The van der Waals surface area contributed by atoms with E-state index in [2.05, 4.69) is 22.1 Å². The molecule has 4 heteroatoms. The van der Waals surface area contributed by atoms with Gasteiger partial charge in [0, 0.05) is 24.7 Å². The summed E-state index contributed by atoms with van der Waals surface area (Å²) < 4.78 is 0. The summed E-state index contributed by atoms with van der Waals surface area (Å²) in [4.78, 5) is 16.3. The molecule has 2 N–H and O–H groups in total. The summed E-state index contributed by atoms with van der Waals surface area (Å²) >= 11 is 0. The molecule has 3 rings (SSSR count). The molecule has 4 nitrogen and oxygen atoms in total. The standard InChI is InChI=1S/C17H20N2O2/c20-10-2-1-3-13-4-7-15(18-11-13)16(21)19-12-17(8-9-17)14-5-6-14/h4,7,11,14,20H,2,5-6,8-10,12H2,(H,19,21). The summed E-state index contributed by atoms with van der Waals surface area (Å²) in [5.41, 5.74) is 1.61. The number of carbonyl (C=O) groups is 1. The first-order valence-electron chi connectivity index (χ1n) is 7.57. The maximum Gasteiger partial charge on any atom is 0.269 e. The molecule has 0 radical (unpaired) electrons. The van der Waals surface area contributed by atoms with Crippen LogP contribution in [0.1, 0.15) is 48.2 Å². The van der Waals surface area contributed by atoms with E-state index in [0.717, 1.165) is 18.0 Å². The average Bonchev–Trinajstić information content (AvgIpc) is 3.39. The molecule has 1 amide bonds. The fourth-order valence-corrected chi connectivity index (χ4v) is 2.76. The number of hydrogen-bond donors (Lipinski definition) is 2. The van der Waals surface area contributed by atoms with Crippen LogP contribution in [0.4, 0.5) is 0 Å². The van der Waals surface area contributed by atoms with Gasteiger partial charge >= 0.3 is 0 Å². The van der Waals surface area contributed by atoms with Gasteiger partial charge in [-0.05, 0) is 49.1 Å². The Kier molecular flexibility index (Phi) is 3.94. The van der Waals surface area contributed by atoms with Crippen molar-refractivity contribution in [1.82, 2.24) is 10.3 Å². The molecule has 0 saturated heterocycles. The van der Waals surface area contributed by atoms with Crippen LogP contribution in [-0.2, 0) is 0 Å². The van der Waals surface area contributed by atoms with Gasteiger partial charge in [0.25, 0.3) is 5.91 Å². The van der Waals surface area contributed by atoms with Crippen LogP contribution < -0.4 is 5.32 Å². The molecule has 1 aromatic heterocycles. The molecule has 0 atom stereocenters. The second kappa shape index (κ2) is 5.87. The second-order valence-electron chi connectivity index (χ2n) is 6.03. The Hall–Kier alpha value is -1.86. The van der Waals surface area contributed by atoms with Gasteiger partial charge < -0.3 is 10.4 Å². The van der Waals surface area contributed by atoms with Crippen molar-refractivity contribution in [2.24, 2.45) is 11.3 Å². The van der Waals surface area contributed by atoms with Crippen LogP contribution in [0.2, 0.25) is 0 Å². The lowest BCUT2D eigenvalue weighted by molar-refractivity contribution is 0.0937. The monoisotopic (exact) mass is 284 g/mol. The molecule has 1 aromatic rings. The molecule has 21 heavy (non-hydrogen) atoms. The minimum atomic E-state index is -0.100. The predicted molar refractivity (Wildman–Crippen MR) is 79.5 cm³/mol. The fourth-order valence-electron chi connectivity index (χ4n) is 2.76. The van der Waals surface area contributed by atoms with Crippen molar-refractivity contribution in [2.45, 2.75) is 32.1 Å². The first-order valence-corrected chi connectivity index (χ1v) is 7.57. The van der Waals surface area contributed by atoms with Gasteiger partial charge in [-0.2, -0.15) is 0 Å². The van der Waals surface area contributed by atoms with E-state index in [1.54, 1.807) is 18.3 Å². The third-order valence-corrected chi connectivity index (χ3v) is 4.40. The molecule has 0 bridgehead atoms. The van der Waals surface area contributed by atoms with Gasteiger partial charge in [0.2, 0.25) is 0 Å². The summed E-state index contributed by atoms with van der Waals surface area (Å²) in [6.45, 7) is 0.847. The number of carbonyl (C=O) groups excluding carboxylic acids is 1. The Morgan fingerprint density at radius 1 is 1.43 bits per heavy atom. The Morgan fingerprint density at radius 2 is 2.24 bits per heavy atom. The van der Waals surface area contributed by atoms with Gasteiger partial charge in [-0.15, -0.1) is 0 Å². The average molecular weight is 284 g/mol. The lowest BCUT2D eigenvalue weighted by Gasteiger charge is -2.14. The molecule has 2 aliphatic rings. The smallest absolute Gasteiger partial charge is 0.269 e. The van der Waals surface area contributed by atoms with E-state index in [0.29, 0.717) is 17.5 Å². The van der Waals surface area contributed by atoms with Gasteiger partial charge in [0.1, 0.15) is 5.69 Å². The van der Waals surface area contributed by atoms with Crippen molar-refractivity contribution in [3.63, 3.8) is 0 Å². The number of hydrogen-bond acceptors (Lipinski definition) is 3. The number of aliphatic hydroxyl groups is 1. The van der Waals surface area contributed by atoms with Crippen molar-refractivity contribution < 1.29 is 9.90 Å². The molecule has 2 fully saturated rings. The third kappa shape index (κ3) is 3.43. The van der Waals surface area contributed by atoms with E-state index >= 15 is 0 Å². The highest BCUT2D eigenvalue weighted by molar-refractivity contribution is 5.92. The van der Waals surface area contributed by atoms with Crippen LogP contribution in [0, 0.1) is 23.2 Å². The Balaban J connectivity index is 1.54. The highest BCUT2D eigenvalue weighted by Gasteiger charge is 2.53. The minimum Gasteiger partial charge on any atom is -0.395 e. The summed E-state index contributed by atoms with van der Waals surface area (Å²) in [6.07, 6.45) is 7.22. The summed E-state index contributed by atoms with van der Waals surface area (Å²) in [5, 5.41) is 11.7. The molecular weight excluding hydrogens is 264 g/mol. The second-order valence-corrected chi connectivity index (χ2v) is 6.03. The summed E-state index contributed by atoms with van der Waals surface area (Å²) in [7, 11) is 0. The van der Waals surface area contributed by atoms with Crippen LogP contribution in [0.3, 0.4) is 0 Å². The zero-order valence-electron chi connectivity index (χ0n) is 12.1. The first kappa shape index (κ1) is 14.1. The van der Waals surface area contributed by atoms with E-state index in [9.17, 15) is 4.79 Å². The molecule has 1 heterocycles. The van der Waals surface area contributed by atoms with Crippen LogP contribution in [0.25, 0.3) is 0 Å². The normalized spacial score (nSPS) is 18.5. The summed E-state index contributed by atoms with van der Waals surface area (Å²) in [6, 6.07) is 3.50. The SMILES string of the molecule is O=C(NCC1(C2CC2)CC1)c1ccc(C#CCCO)cn1. The van der Waals surface area contributed by atoms with E-state index in [1.165, 1.54) is 25.7 Å². The lowest BCUT2D eigenvalue weighted by Crippen LogP contribution is -2.31. The number of aliphatic hydroxyl groups excluding tert-OH is 1. The number of aromatic nitrogens is 1. The van der Waals surface area contributed by atoms with Crippen molar-refractivity contribution >= 4 is 5.91 Å². The van der Waals surface area contributed by atoms with Crippen LogP contribution in [-0.4, -0.2) is 29.1 Å². The van der Waals surface area contributed by atoms with E-state index < -0.39 is 0 Å².